The molecule has 1 atom stereocenters. The number of halogens is 3. The molecule has 6 nitrogen and oxygen atoms in total. The summed E-state index contributed by atoms with van der Waals surface area (Å²) in [7, 11) is 1.50. The summed E-state index contributed by atoms with van der Waals surface area (Å²) in [5.74, 6) is -2.30. The molecule has 0 aliphatic carbocycles. The van der Waals surface area contributed by atoms with Crippen LogP contribution >= 0.6 is 27.5 Å². The molecule has 1 amide bonds. The van der Waals surface area contributed by atoms with E-state index in [-0.39, 0.29) is 22.0 Å². The van der Waals surface area contributed by atoms with Crippen molar-refractivity contribution in [2.45, 2.75) is 6.04 Å². The largest absolute Gasteiger partial charge is 0.507 e. The molecule has 4 rings (SSSR count). The fourth-order valence-electron chi connectivity index (χ4n) is 3.52. The van der Waals surface area contributed by atoms with Crippen LogP contribution in [0.15, 0.2) is 70.8 Å². The minimum absolute atomic E-state index is 0.147. The van der Waals surface area contributed by atoms with E-state index >= 15 is 0 Å². The maximum atomic E-state index is 13.7. The highest BCUT2D eigenvalue weighted by Crippen LogP contribution is 2.42. The summed E-state index contributed by atoms with van der Waals surface area (Å²) in [6.45, 7) is 0. The van der Waals surface area contributed by atoms with Gasteiger partial charge in [-0.05, 0) is 64.5 Å². The number of carbonyl (C=O) groups excluding carboxylic acids is 2. The van der Waals surface area contributed by atoms with Crippen molar-refractivity contribution in [1.82, 2.24) is 4.98 Å². The quantitative estimate of drug-likeness (QED) is 0.290. The second-order valence-electron chi connectivity index (χ2n) is 6.87. The Morgan fingerprint density at radius 2 is 1.97 bits per heavy atom. The van der Waals surface area contributed by atoms with Gasteiger partial charge in [0.1, 0.15) is 23.4 Å². The van der Waals surface area contributed by atoms with Gasteiger partial charge in [-0.1, -0.05) is 17.7 Å². The highest BCUT2D eigenvalue weighted by Gasteiger charge is 2.47. The van der Waals surface area contributed by atoms with Crippen LogP contribution in [0.3, 0.4) is 0 Å². The molecule has 9 heteroatoms. The molecular weight excluding hydrogens is 503 g/mol. The van der Waals surface area contributed by atoms with Crippen LogP contribution < -0.4 is 9.64 Å². The summed E-state index contributed by atoms with van der Waals surface area (Å²) < 4.78 is 19.5. The van der Waals surface area contributed by atoms with Gasteiger partial charge in [0.15, 0.2) is 0 Å². The number of aliphatic hydroxyl groups excluding tert-OH is 1. The highest BCUT2D eigenvalue weighted by atomic mass is 79.9. The number of anilines is 1. The third-order valence-electron chi connectivity index (χ3n) is 5.02. The molecule has 162 valence electrons. The van der Waals surface area contributed by atoms with E-state index in [2.05, 4.69) is 20.9 Å². The average Bonchev–Trinajstić information content (AvgIpc) is 3.06. The number of hydrogen-bond acceptors (Lipinski definition) is 5. The van der Waals surface area contributed by atoms with Gasteiger partial charge in [0.2, 0.25) is 0 Å². The Labute approximate surface area is 196 Å². The summed E-state index contributed by atoms with van der Waals surface area (Å²) in [5.41, 5.74) is 0.699. The van der Waals surface area contributed by atoms with Crippen LogP contribution in [0.4, 0.5) is 10.1 Å². The van der Waals surface area contributed by atoms with Crippen LogP contribution in [0.1, 0.15) is 17.3 Å². The van der Waals surface area contributed by atoms with Gasteiger partial charge in [-0.25, -0.2) is 4.39 Å². The number of rotatable bonds is 4. The Hall–Kier alpha value is -3.23. The predicted octanol–water partition coefficient (Wildman–Crippen LogP) is 5.27. The van der Waals surface area contributed by atoms with Gasteiger partial charge in [-0.3, -0.25) is 19.5 Å². The number of Topliss-reactive ketones (excluding diaryl/α,β-unsaturated/α-hetero) is 1. The van der Waals surface area contributed by atoms with E-state index in [1.807, 2.05) is 0 Å². The Balaban J connectivity index is 1.94. The lowest BCUT2D eigenvalue weighted by atomic mass is 9.98. The third-order valence-corrected chi connectivity index (χ3v) is 5.93. The first-order valence-electron chi connectivity index (χ1n) is 9.34. The van der Waals surface area contributed by atoms with Gasteiger partial charge in [-0.15, -0.1) is 0 Å². The maximum absolute atomic E-state index is 13.7. The van der Waals surface area contributed by atoms with Gasteiger partial charge < -0.3 is 9.84 Å². The molecule has 1 N–H and O–H groups in total. The zero-order valence-electron chi connectivity index (χ0n) is 16.6. The van der Waals surface area contributed by atoms with E-state index in [1.54, 1.807) is 36.4 Å². The van der Waals surface area contributed by atoms with E-state index in [1.165, 1.54) is 25.4 Å². The Morgan fingerprint density at radius 3 is 2.59 bits per heavy atom. The topological polar surface area (TPSA) is 79.7 Å². The zero-order valence-corrected chi connectivity index (χ0v) is 18.9. The first-order valence-corrected chi connectivity index (χ1v) is 10.5. The fraction of sp³-hybridized carbons (Fsp3) is 0.0870. The van der Waals surface area contributed by atoms with Crippen molar-refractivity contribution in [3.8, 4) is 5.75 Å². The number of hydrogen-bond donors (Lipinski definition) is 1. The van der Waals surface area contributed by atoms with Crippen LogP contribution in [0.2, 0.25) is 5.02 Å². The van der Waals surface area contributed by atoms with Crippen molar-refractivity contribution in [2.75, 3.05) is 12.0 Å². The number of ether oxygens (including phenoxy) is 1. The maximum Gasteiger partial charge on any atom is 0.300 e. The van der Waals surface area contributed by atoms with E-state index < -0.39 is 23.5 Å². The summed E-state index contributed by atoms with van der Waals surface area (Å²) in [6.07, 6.45) is 1.51. The molecule has 2 heterocycles. The second kappa shape index (κ2) is 8.72. The van der Waals surface area contributed by atoms with Crippen molar-refractivity contribution in [2.24, 2.45) is 0 Å². The lowest BCUT2D eigenvalue weighted by molar-refractivity contribution is -0.132. The third kappa shape index (κ3) is 3.76. The van der Waals surface area contributed by atoms with Crippen LogP contribution in [0.25, 0.3) is 5.76 Å². The smallest absolute Gasteiger partial charge is 0.300 e. The molecule has 0 radical (unpaired) electrons. The summed E-state index contributed by atoms with van der Waals surface area (Å²) in [5, 5.41) is 10.9. The second-order valence-corrected chi connectivity index (χ2v) is 8.13. The molecule has 0 spiro atoms. The number of pyridine rings is 1. The number of carbonyl (C=O) groups is 2. The van der Waals surface area contributed by atoms with Gasteiger partial charge in [0.25, 0.3) is 11.7 Å². The first-order chi connectivity index (χ1) is 15.3. The van der Waals surface area contributed by atoms with Gasteiger partial charge >= 0.3 is 0 Å². The lowest BCUT2D eigenvalue weighted by Gasteiger charge is -2.24. The molecule has 2 aromatic carbocycles. The molecule has 1 aromatic heterocycles. The Bertz CT molecular complexity index is 1270. The Morgan fingerprint density at radius 1 is 1.19 bits per heavy atom. The molecule has 0 bridgehead atoms. The van der Waals surface area contributed by atoms with Gasteiger partial charge in [0, 0.05) is 17.4 Å². The summed E-state index contributed by atoms with van der Waals surface area (Å²) in [4.78, 5) is 31.5. The van der Waals surface area contributed by atoms with Gasteiger partial charge in [0.05, 0.1) is 27.9 Å². The highest BCUT2D eigenvalue weighted by molar-refractivity contribution is 9.10. The monoisotopic (exact) mass is 516 g/mol. The number of aromatic nitrogens is 1. The summed E-state index contributed by atoms with van der Waals surface area (Å²) in [6, 6.07) is 12.4. The van der Waals surface area contributed by atoms with Crippen LogP contribution in [0.5, 0.6) is 5.75 Å². The standard InChI is InChI=1S/C23H15BrClFN2O4/c1-32-18-8-5-12(10-14(18)24)21(29)19-20(17-4-2-3-9-27-17)28(23(31)22(19)30)13-6-7-16(26)15(25)11-13/h2-11,20,29H,1H3/b21-19+. The number of amides is 1. The predicted molar refractivity (Wildman–Crippen MR) is 121 cm³/mol. The van der Waals surface area contributed by atoms with E-state index in [4.69, 9.17) is 16.3 Å². The van der Waals surface area contributed by atoms with Crippen molar-refractivity contribution >= 4 is 50.7 Å². The number of nitrogens with zero attached hydrogens (tertiary/aromatic N) is 2. The van der Waals surface area contributed by atoms with Crippen molar-refractivity contribution in [3.63, 3.8) is 0 Å². The molecule has 1 unspecified atom stereocenters. The average molecular weight is 518 g/mol. The van der Waals surface area contributed by atoms with E-state index in [9.17, 15) is 19.1 Å². The molecule has 32 heavy (non-hydrogen) atoms. The minimum Gasteiger partial charge on any atom is -0.507 e. The number of aliphatic hydroxyl groups is 1. The molecule has 1 aliphatic heterocycles. The van der Waals surface area contributed by atoms with Crippen molar-refractivity contribution < 1.29 is 23.8 Å². The minimum atomic E-state index is -1.04. The molecule has 3 aromatic rings. The SMILES string of the molecule is COc1ccc(/C(O)=C2\C(=O)C(=O)N(c3ccc(F)c(Cl)c3)C2c2ccccn2)cc1Br. The molecule has 1 fully saturated rings. The van der Waals surface area contributed by atoms with Crippen LogP contribution in [0, 0.1) is 5.82 Å². The van der Waals surface area contributed by atoms with Crippen LogP contribution in [-0.4, -0.2) is 28.9 Å². The van der Waals surface area contributed by atoms with Crippen molar-refractivity contribution in [3.05, 3.63) is 92.9 Å². The molecule has 1 saturated heterocycles. The van der Waals surface area contributed by atoms with E-state index in [0.29, 0.717) is 21.5 Å². The Kier molecular flexibility index (Phi) is 5.99. The number of benzene rings is 2. The zero-order chi connectivity index (χ0) is 23.0. The first kappa shape index (κ1) is 22.0. The van der Waals surface area contributed by atoms with Gasteiger partial charge in [-0.2, -0.15) is 0 Å². The van der Waals surface area contributed by atoms with Crippen LogP contribution in [-0.2, 0) is 9.59 Å². The number of methoxy groups -OCH3 is 1. The molecule has 0 saturated carbocycles. The molecule has 1 aliphatic rings. The molecular formula is C23H15BrClFN2O4. The number of ketones is 1. The van der Waals surface area contributed by atoms with E-state index in [0.717, 1.165) is 11.0 Å². The normalized spacial score (nSPS) is 17.6. The van der Waals surface area contributed by atoms with Crippen molar-refractivity contribution in [1.29, 1.82) is 0 Å². The fourth-order valence-corrected chi connectivity index (χ4v) is 4.24. The lowest BCUT2D eigenvalue weighted by Crippen LogP contribution is -2.29. The summed E-state index contributed by atoms with van der Waals surface area (Å²) >= 11 is 9.27.